The number of nitrogens with one attached hydrogen (secondary N) is 1. The van der Waals surface area contributed by atoms with Gasteiger partial charge >= 0.3 is 0 Å². The summed E-state index contributed by atoms with van der Waals surface area (Å²) in [5.41, 5.74) is 2.08. The molecule has 0 saturated heterocycles. The van der Waals surface area contributed by atoms with Crippen molar-refractivity contribution in [3.8, 4) is 0 Å². The van der Waals surface area contributed by atoms with E-state index in [0.29, 0.717) is 18.1 Å². The van der Waals surface area contributed by atoms with Crippen LogP contribution in [-0.2, 0) is 16.1 Å². The summed E-state index contributed by atoms with van der Waals surface area (Å²) in [4.78, 5) is 28.1. The molecule has 2 aromatic carbocycles. The van der Waals surface area contributed by atoms with Crippen LogP contribution < -0.4 is 5.32 Å². The minimum atomic E-state index is -0.559. The molecule has 0 aromatic heterocycles. The van der Waals surface area contributed by atoms with Gasteiger partial charge in [0.25, 0.3) is 0 Å². The minimum Gasteiger partial charge on any atom is -0.354 e. The molecule has 4 nitrogen and oxygen atoms in total. The zero-order chi connectivity index (χ0) is 20.5. The van der Waals surface area contributed by atoms with Gasteiger partial charge in [-0.3, -0.25) is 9.59 Å². The van der Waals surface area contributed by atoms with Gasteiger partial charge in [-0.2, -0.15) is 0 Å². The molecular formula is C22H27ClN2O2S. The Morgan fingerprint density at radius 1 is 1.18 bits per heavy atom. The molecule has 0 bridgehead atoms. The quantitative estimate of drug-likeness (QED) is 0.601. The SMILES string of the molecule is CCCNC(=O)[C@H](C)N(Cc1cccc(Cl)c1)C(=O)CSc1ccc(C)cc1. The predicted octanol–water partition coefficient (Wildman–Crippen LogP) is 4.68. The molecule has 150 valence electrons. The number of carbonyl (C=O) groups excluding carboxylic acids is 2. The monoisotopic (exact) mass is 418 g/mol. The number of carbonyl (C=O) groups is 2. The Morgan fingerprint density at radius 3 is 2.54 bits per heavy atom. The van der Waals surface area contributed by atoms with Gasteiger partial charge in [-0.1, -0.05) is 48.4 Å². The van der Waals surface area contributed by atoms with Gasteiger partial charge in [0.15, 0.2) is 0 Å². The largest absolute Gasteiger partial charge is 0.354 e. The lowest BCUT2D eigenvalue weighted by atomic mass is 10.1. The van der Waals surface area contributed by atoms with Crippen LogP contribution in [0.3, 0.4) is 0 Å². The summed E-state index contributed by atoms with van der Waals surface area (Å²) in [5.74, 6) is 0.0527. The first-order chi connectivity index (χ1) is 13.4. The Morgan fingerprint density at radius 2 is 1.89 bits per heavy atom. The second kappa shape index (κ2) is 11.1. The summed E-state index contributed by atoms with van der Waals surface area (Å²) in [5, 5.41) is 3.49. The molecule has 0 aliphatic carbocycles. The molecule has 0 saturated carbocycles. The van der Waals surface area contributed by atoms with Crippen LogP contribution in [0.2, 0.25) is 5.02 Å². The molecule has 2 aromatic rings. The number of hydrogen-bond donors (Lipinski definition) is 1. The van der Waals surface area contributed by atoms with Crippen LogP contribution >= 0.6 is 23.4 Å². The fourth-order valence-corrected chi connectivity index (χ4v) is 3.67. The van der Waals surface area contributed by atoms with Gasteiger partial charge in [-0.25, -0.2) is 0 Å². The summed E-state index contributed by atoms with van der Waals surface area (Å²) in [6.45, 7) is 6.74. The van der Waals surface area contributed by atoms with Gasteiger partial charge in [-0.05, 0) is 50.1 Å². The Hall–Kier alpha value is -1.98. The van der Waals surface area contributed by atoms with Crippen molar-refractivity contribution in [3.63, 3.8) is 0 Å². The molecular weight excluding hydrogens is 392 g/mol. The molecule has 0 aliphatic heterocycles. The van der Waals surface area contributed by atoms with E-state index in [4.69, 9.17) is 11.6 Å². The molecule has 28 heavy (non-hydrogen) atoms. The highest BCUT2D eigenvalue weighted by atomic mass is 35.5. The third-order valence-electron chi connectivity index (χ3n) is 4.34. The van der Waals surface area contributed by atoms with Crippen molar-refractivity contribution in [1.29, 1.82) is 0 Å². The second-order valence-corrected chi connectivity index (χ2v) is 8.21. The lowest BCUT2D eigenvalue weighted by molar-refractivity contribution is -0.138. The van der Waals surface area contributed by atoms with Crippen LogP contribution in [0.5, 0.6) is 0 Å². The third-order valence-corrected chi connectivity index (χ3v) is 5.57. The number of thioether (sulfide) groups is 1. The first-order valence-corrected chi connectivity index (χ1v) is 10.8. The maximum absolute atomic E-state index is 13.0. The summed E-state index contributed by atoms with van der Waals surface area (Å²) in [7, 11) is 0. The lowest BCUT2D eigenvalue weighted by Crippen LogP contribution is -2.48. The maximum Gasteiger partial charge on any atom is 0.242 e. The summed E-state index contributed by atoms with van der Waals surface area (Å²) >= 11 is 7.56. The maximum atomic E-state index is 13.0. The molecule has 2 rings (SSSR count). The first-order valence-electron chi connectivity index (χ1n) is 9.41. The van der Waals surface area contributed by atoms with Crippen molar-refractivity contribution in [3.05, 3.63) is 64.7 Å². The molecule has 1 N–H and O–H groups in total. The molecule has 0 spiro atoms. The number of nitrogens with zero attached hydrogens (tertiary/aromatic N) is 1. The Labute approximate surface area is 176 Å². The van der Waals surface area contributed by atoms with Crippen molar-refractivity contribution in [2.45, 2.75) is 44.7 Å². The fraction of sp³-hybridized carbons (Fsp3) is 0.364. The molecule has 0 aliphatic rings. The van der Waals surface area contributed by atoms with Crippen LogP contribution in [0.25, 0.3) is 0 Å². The smallest absolute Gasteiger partial charge is 0.242 e. The highest BCUT2D eigenvalue weighted by molar-refractivity contribution is 8.00. The zero-order valence-electron chi connectivity index (χ0n) is 16.6. The second-order valence-electron chi connectivity index (χ2n) is 6.72. The average Bonchev–Trinajstić information content (AvgIpc) is 2.69. The van der Waals surface area contributed by atoms with Gasteiger partial charge < -0.3 is 10.2 Å². The van der Waals surface area contributed by atoms with Gasteiger partial charge in [0, 0.05) is 23.0 Å². The number of rotatable bonds is 9. The summed E-state index contributed by atoms with van der Waals surface area (Å²) in [6.07, 6.45) is 0.851. The van der Waals surface area contributed by atoms with Gasteiger partial charge in [0.05, 0.1) is 5.75 Å². The average molecular weight is 419 g/mol. The topological polar surface area (TPSA) is 49.4 Å². The molecule has 6 heteroatoms. The van der Waals surface area contributed by atoms with Crippen LogP contribution in [0.1, 0.15) is 31.4 Å². The summed E-state index contributed by atoms with van der Waals surface area (Å²) in [6, 6.07) is 14.9. The zero-order valence-corrected chi connectivity index (χ0v) is 18.1. The van der Waals surface area contributed by atoms with Crippen LogP contribution in [0, 0.1) is 6.92 Å². The number of aryl methyl sites for hydroxylation is 1. The van der Waals surface area contributed by atoms with E-state index in [9.17, 15) is 9.59 Å². The molecule has 0 radical (unpaired) electrons. The Balaban J connectivity index is 2.12. The van der Waals surface area contributed by atoms with Crippen LogP contribution in [0.15, 0.2) is 53.4 Å². The minimum absolute atomic E-state index is 0.0790. The van der Waals surface area contributed by atoms with Gasteiger partial charge in [0.2, 0.25) is 11.8 Å². The van der Waals surface area contributed by atoms with Crippen molar-refractivity contribution < 1.29 is 9.59 Å². The number of benzene rings is 2. The van der Waals surface area contributed by atoms with E-state index >= 15 is 0 Å². The number of halogens is 1. The molecule has 2 amide bonds. The van der Waals surface area contributed by atoms with E-state index in [1.165, 1.54) is 17.3 Å². The van der Waals surface area contributed by atoms with E-state index < -0.39 is 6.04 Å². The van der Waals surface area contributed by atoms with E-state index in [0.717, 1.165) is 16.9 Å². The van der Waals surface area contributed by atoms with E-state index in [1.807, 2.05) is 56.3 Å². The first kappa shape index (κ1) is 22.3. The van der Waals surface area contributed by atoms with Crippen molar-refractivity contribution >= 4 is 35.2 Å². The predicted molar refractivity (Wildman–Crippen MR) is 117 cm³/mol. The van der Waals surface area contributed by atoms with Gasteiger partial charge in [0.1, 0.15) is 6.04 Å². The van der Waals surface area contributed by atoms with Crippen molar-refractivity contribution in [1.82, 2.24) is 10.2 Å². The normalized spacial score (nSPS) is 11.7. The van der Waals surface area contributed by atoms with Gasteiger partial charge in [-0.15, -0.1) is 11.8 Å². The summed E-state index contributed by atoms with van der Waals surface area (Å²) < 4.78 is 0. The third kappa shape index (κ3) is 6.88. The fourth-order valence-electron chi connectivity index (χ4n) is 2.67. The number of hydrogen-bond acceptors (Lipinski definition) is 3. The molecule has 0 heterocycles. The van der Waals surface area contributed by atoms with Crippen LogP contribution in [-0.4, -0.2) is 35.1 Å². The van der Waals surface area contributed by atoms with E-state index in [-0.39, 0.29) is 17.6 Å². The molecule has 0 unspecified atom stereocenters. The standard InChI is InChI=1S/C22H27ClN2O2S/c1-4-12-24-22(27)17(3)25(14-18-6-5-7-19(23)13-18)21(26)15-28-20-10-8-16(2)9-11-20/h5-11,13,17H,4,12,14-15H2,1-3H3,(H,24,27)/t17-/m0/s1. The lowest BCUT2D eigenvalue weighted by Gasteiger charge is -2.28. The number of amides is 2. The van der Waals surface area contributed by atoms with Crippen LogP contribution in [0.4, 0.5) is 0 Å². The highest BCUT2D eigenvalue weighted by Gasteiger charge is 2.26. The molecule has 0 fully saturated rings. The highest BCUT2D eigenvalue weighted by Crippen LogP contribution is 2.21. The Kier molecular flexibility index (Phi) is 8.87. The van der Waals surface area contributed by atoms with E-state index in [2.05, 4.69) is 5.32 Å². The van der Waals surface area contributed by atoms with Crippen molar-refractivity contribution in [2.75, 3.05) is 12.3 Å². The molecule has 1 atom stereocenters. The van der Waals surface area contributed by atoms with Crippen molar-refractivity contribution in [2.24, 2.45) is 0 Å². The Bertz CT molecular complexity index is 795. The van der Waals surface area contributed by atoms with E-state index in [1.54, 1.807) is 17.9 Å².